The van der Waals surface area contributed by atoms with Crippen molar-refractivity contribution in [1.82, 2.24) is 0 Å². The summed E-state index contributed by atoms with van der Waals surface area (Å²) in [5.74, 6) is 0. The molecule has 5 heteroatoms. The molecule has 0 aliphatic carbocycles. The van der Waals surface area contributed by atoms with E-state index < -0.39 is 22.7 Å². The predicted molar refractivity (Wildman–Crippen MR) is 164 cm³/mol. The van der Waals surface area contributed by atoms with Gasteiger partial charge in [0.2, 0.25) is 0 Å². The normalized spacial score (nSPS) is 13.7. The van der Waals surface area contributed by atoms with Gasteiger partial charge >= 0.3 is 0 Å². The molecule has 0 fully saturated rings. The van der Waals surface area contributed by atoms with Crippen molar-refractivity contribution >= 4 is 27.0 Å². The molecule has 1 N–H and O–H groups in total. The van der Waals surface area contributed by atoms with Crippen molar-refractivity contribution in [1.29, 1.82) is 0 Å². The van der Waals surface area contributed by atoms with Crippen LogP contribution in [0.3, 0.4) is 0 Å². The maximum Gasteiger partial charge on any atom is 0.261 e. The van der Waals surface area contributed by atoms with Crippen LogP contribution in [0.5, 0.6) is 0 Å². The Labute approximate surface area is 228 Å². The lowest BCUT2D eigenvalue weighted by Gasteiger charge is -2.43. The van der Waals surface area contributed by atoms with E-state index >= 15 is 0 Å². The molecule has 2 rings (SSSR count). The summed E-state index contributed by atoms with van der Waals surface area (Å²) in [6, 6.07) is 21.5. The van der Waals surface area contributed by atoms with Crippen LogP contribution in [0, 0.1) is 0 Å². The third-order valence-electron chi connectivity index (χ3n) is 7.77. The molecule has 1 atom stereocenters. The van der Waals surface area contributed by atoms with Crippen LogP contribution in [0.15, 0.2) is 78.0 Å². The van der Waals surface area contributed by atoms with Crippen molar-refractivity contribution in [2.75, 3.05) is 13.2 Å². The lowest BCUT2D eigenvalue weighted by molar-refractivity contribution is 0.191. The lowest BCUT2D eigenvalue weighted by atomic mass is 10.1. The second kappa shape index (κ2) is 13.4. The average Bonchev–Trinajstić information content (AvgIpc) is 2.83. The van der Waals surface area contributed by atoms with E-state index in [4.69, 9.17) is 8.85 Å². The zero-order valence-electron chi connectivity index (χ0n) is 24.7. The predicted octanol–water partition coefficient (Wildman–Crippen LogP) is 7.22. The molecule has 0 heterocycles. The first-order valence-electron chi connectivity index (χ1n) is 13.7. The number of benzene rings is 2. The van der Waals surface area contributed by atoms with E-state index in [1.54, 1.807) is 0 Å². The maximum atomic E-state index is 10.7. The SMILES string of the molecule is CC(=C=CCO[Si](C)(C)C(C)(C)C)C(O)CCCCO[Si](c1ccccc1)(c1ccccc1)C(C)(C)C. The molecule has 0 amide bonds. The van der Waals surface area contributed by atoms with Gasteiger partial charge in [0.15, 0.2) is 8.32 Å². The Morgan fingerprint density at radius 2 is 1.35 bits per heavy atom. The summed E-state index contributed by atoms with van der Waals surface area (Å²) in [7, 11) is -4.26. The fraction of sp³-hybridized carbons (Fsp3) is 0.531. The van der Waals surface area contributed by atoms with Crippen LogP contribution in [0.2, 0.25) is 23.2 Å². The highest BCUT2D eigenvalue weighted by Crippen LogP contribution is 2.37. The van der Waals surface area contributed by atoms with Gasteiger partial charge in [0, 0.05) is 6.61 Å². The second-order valence-electron chi connectivity index (χ2n) is 12.6. The van der Waals surface area contributed by atoms with E-state index in [0.717, 1.165) is 18.4 Å². The maximum absolute atomic E-state index is 10.7. The molecule has 0 radical (unpaired) electrons. The fourth-order valence-corrected chi connectivity index (χ4v) is 9.95. The molecule has 0 aliphatic heterocycles. The second-order valence-corrected chi connectivity index (χ2v) is 21.7. The zero-order valence-corrected chi connectivity index (χ0v) is 26.7. The number of rotatable bonds is 12. The van der Waals surface area contributed by atoms with Gasteiger partial charge < -0.3 is 14.0 Å². The Morgan fingerprint density at radius 3 is 1.81 bits per heavy atom. The summed E-state index contributed by atoms with van der Waals surface area (Å²) in [4.78, 5) is 0. The molecule has 0 spiro atoms. The minimum atomic E-state index is -2.49. The molecule has 0 saturated carbocycles. The number of aliphatic hydroxyl groups excluding tert-OH is 1. The largest absolute Gasteiger partial charge is 0.413 e. The highest BCUT2D eigenvalue weighted by Gasteiger charge is 2.49. The van der Waals surface area contributed by atoms with Gasteiger partial charge in [0.05, 0.1) is 12.7 Å². The summed E-state index contributed by atoms with van der Waals surface area (Å²) in [6.07, 6.45) is 3.95. The molecule has 0 aromatic heterocycles. The molecule has 2 aromatic rings. The van der Waals surface area contributed by atoms with Crippen molar-refractivity contribution in [2.24, 2.45) is 0 Å². The summed E-state index contributed by atoms with van der Waals surface area (Å²) in [6.45, 7) is 21.3. The monoisotopic (exact) mass is 538 g/mol. The molecule has 0 bridgehead atoms. The van der Waals surface area contributed by atoms with Crippen LogP contribution in [0.1, 0.15) is 67.7 Å². The third-order valence-corrected chi connectivity index (χ3v) is 17.3. The van der Waals surface area contributed by atoms with Gasteiger partial charge in [0.1, 0.15) is 0 Å². The van der Waals surface area contributed by atoms with Gasteiger partial charge in [-0.25, -0.2) is 0 Å². The summed E-state index contributed by atoms with van der Waals surface area (Å²) < 4.78 is 13.1. The first-order valence-corrected chi connectivity index (χ1v) is 18.5. The molecular formula is C32H50O3Si2. The minimum absolute atomic E-state index is 0.0220. The highest BCUT2D eigenvalue weighted by atomic mass is 28.4. The van der Waals surface area contributed by atoms with E-state index in [-0.39, 0.29) is 10.1 Å². The first kappa shape index (κ1) is 31.5. The van der Waals surface area contributed by atoms with Crippen LogP contribution in [0.25, 0.3) is 0 Å². The Morgan fingerprint density at radius 1 is 0.838 bits per heavy atom. The van der Waals surface area contributed by atoms with Crippen LogP contribution in [-0.4, -0.2) is 41.1 Å². The summed E-state index contributed by atoms with van der Waals surface area (Å²) >= 11 is 0. The van der Waals surface area contributed by atoms with Crippen LogP contribution >= 0.6 is 0 Å². The van der Waals surface area contributed by atoms with Crippen molar-refractivity contribution < 1.29 is 14.0 Å². The van der Waals surface area contributed by atoms with E-state index in [9.17, 15) is 5.11 Å². The lowest BCUT2D eigenvalue weighted by Crippen LogP contribution is -2.66. The van der Waals surface area contributed by atoms with Crippen molar-refractivity contribution in [3.05, 3.63) is 78.0 Å². The number of hydrogen-bond acceptors (Lipinski definition) is 3. The van der Waals surface area contributed by atoms with Gasteiger partial charge in [0.25, 0.3) is 8.32 Å². The zero-order chi connectivity index (χ0) is 27.7. The Hall–Kier alpha value is -1.73. The van der Waals surface area contributed by atoms with E-state index in [1.165, 1.54) is 10.4 Å². The van der Waals surface area contributed by atoms with Gasteiger partial charge in [-0.2, -0.15) is 0 Å². The summed E-state index contributed by atoms with van der Waals surface area (Å²) in [5, 5.41) is 13.4. The smallest absolute Gasteiger partial charge is 0.261 e. The quantitative estimate of drug-likeness (QED) is 0.176. The van der Waals surface area contributed by atoms with Gasteiger partial charge in [-0.15, -0.1) is 5.73 Å². The topological polar surface area (TPSA) is 38.7 Å². The molecule has 0 aliphatic rings. The van der Waals surface area contributed by atoms with Gasteiger partial charge in [-0.1, -0.05) is 102 Å². The number of aliphatic hydroxyl groups is 1. The Bertz CT molecular complexity index is 972. The van der Waals surface area contributed by atoms with Crippen LogP contribution in [0.4, 0.5) is 0 Å². The minimum Gasteiger partial charge on any atom is -0.413 e. The van der Waals surface area contributed by atoms with Crippen molar-refractivity contribution in [2.45, 2.75) is 97.0 Å². The molecule has 1 unspecified atom stereocenters. The summed E-state index contributed by atoms with van der Waals surface area (Å²) in [5.41, 5.74) is 4.12. The third kappa shape index (κ3) is 8.38. The van der Waals surface area contributed by atoms with Crippen LogP contribution < -0.4 is 10.4 Å². The number of hydrogen-bond donors (Lipinski definition) is 1. The van der Waals surface area contributed by atoms with Crippen molar-refractivity contribution in [3.8, 4) is 0 Å². The fourth-order valence-electron chi connectivity index (χ4n) is 4.41. The Kier molecular flexibility index (Phi) is 11.4. The first-order chi connectivity index (χ1) is 17.2. The molecule has 3 nitrogen and oxygen atoms in total. The standard InChI is InChI=1S/C32H50O3Si2/c1-27(19-18-26-34-36(8,9)31(2,3)4)30(33)24-16-17-25-35-37(32(5,6)7,28-20-12-10-13-21-28)29-22-14-11-15-23-29/h10-15,18,20-23,30,33H,16-17,24-26H2,1-9H3. The molecule has 2 aromatic carbocycles. The average molecular weight is 539 g/mol. The van der Waals surface area contributed by atoms with Gasteiger partial charge in [-0.3, -0.25) is 0 Å². The van der Waals surface area contributed by atoms with Crippen LogP contribution in [-0.2, 0) is 8.85 Å². The van der Waals surface area contributed by atoms with Gasteiger partial charge in [-0.05, 0) is 71.4 Å². The Balaban J connectivity index is 2.00. The van der Waals surface area contributed by atoms with Crippen molar-refractivity contribution in [3.63, 3.8) is 0 Å². The van der Waals surface area contributed by atoms with E-state index in [0.29, 0.717) is 19.6 Å². The molecule has 0 saturated heterocycles. The molecule has 204 valence electrons. The van der Waals surface area contributed by atoms with E-state index in [1.807, 2.05) is 13.0 Å². The highest BCUT2D eigenvalue weighted by molar-refractivity contribution is 6.99. The molecular weight excluding hydrogens is 489 g/mol. The van der Waals surface area contributed by atoms with E-state index in [2.05, 4.69) is 121 Å². The number of unbranched alkanes of at least 4 members (excludes halogenated alkanes) is 1. The molecule has 37 heavy (non-hydrogen) atoms.